The van der Waals surface area contributed by atoms with E-state index >= 15 is 0 Å². The molecule has 0 saturated carbocycles. The molecule has 0 radical (unpaired) electrons. The fourth-order valence-corrected chi connectivity index (χ4v) is 4.28. The van der Waals surface area contributed by atoms with Gasteiger partial charge in [0.1, 0.15) is 12.4 Å². The van der Waals surface area contributed by atoms with Crippen molar-refractivity contribution in [1.29, 1.82) is 0 Å². The maximum atomic E-state index is 13.0. The van der Waals surface area contributed by atoms with Gasteiger partial charge in [-0.25, -0.2) is 4.79 Å². The largest absolute Gasteiger partial charge is 0.486 e. The second kappa shape index (κ2) is 10.2. The zero-order valence-corrected chi connectivity index (χ0v) is 19.2. The number of aromatic carboxylic acids is 1. The Kier molecular flexibility index (Phi) is 7.16. The van der Waals surface area contributed by atoms with Gasteiger partial charge in [-0.05, 0) is 54.8 Å². The molecule has 1 unspecified atom stereocenters. The number of carboxylic acid groups (broad SMARTS) is 1. The van der Waals surface area contributed by atoms with Crippen molar-refractivity contribution in [2.45, 2.75) is 31.9 Å². The van der Waals surface area contributed by atoms with Crippen molar-refractivity contribution in [3.8, 4) is 5.75 Å². The number of carboxylic acids is 1. The van der Waals surface area contributed by atoms with E-state index in [1.807, 2.05) is 17.0 Å². The van der Waals surface area contributed by atoms with Crippen molar-refractivity contribution >= 4 is 35.1 Å². The van der Waals surface area contributed by atoms with E-state index in [1.165, 1.54) is 6.07 Å². The van der Waals surface area contributed by atoms with Gasteiger partial charge in [0.2, 0.25) is 5.91 Å². The van der Waals surface area contributed by atoms with Crippen LogP contribution in [-0.4, -0.2) is 33.4 Å². The zero-order chi connectivity index (χ0) is 23.4. The van der Waals surface area contributed by atoms with Crippen LogP contribution in [0.4, 0.5) is 0 Å². The van der Waals surface area contributed by atoms with Gasteiger partial charge in [-0.1, -0.05) is 47.5 Å². The number of rotatable bonds is 7. The molecule has 6 nitrogen and oxygen atoms in total. The summed E-state index contributed by atoms with van der Waals surface area (Å²) < 4.78 is 5.75. The lowest BCUT2D eigenvalue weighted by molar-refractivity contribution is -0.131. The second-order valence-corrected chi connectivity index (χ2v) is 8.65. The molecule has 1 atom stereocenters. The van der Waals surface area contributed by atoms with Crippen LogP contribution in [-0.2, 0) is 17.8 Å². The summed E-state index contributed by atoms with van der Waals surface area (Å²) in [7, 11) is 0. The first-order chi connectivity index (χ1) is 15.9. The zero-order valence-electron chi connectivity index (χ0n) is 17.7. The van der Waals surface area contributed by atoms with Gasteiger partial charge in [0.05, 0.1) is 34.4 Å². The SMILES string of the molecule is O=C(O)c1ccc(C2CCCN2C(=O)Cc2ccc(Cl)cc2)nc1COc1ccccc1Cl. The van der Waals surface area contributed by atoms with Crippen LogP contribution in [0.15, 0.2) is 60.7 Å². The molecular weight excluding hydrogens is 463 g/mol. The summed E-state index contributed by atoms with van der Waals surface area (Å²) in [6, 6.07) is 17.2. The van der Waals surface area contributed by atoms with Crippen LogP contribution in [0.2, 0.25) is 10.0 Å². The Balaban J connectivity index is 1.55. The van der Waals surface area contributed by atoms with Gasteiger partial charge in [0.25, 0.3) is 0 Å². The topological polar surface area (TPSA) is 79.7 Å². The number of carbonyl (C=O) groups excluding carboxylic acids is 1. The predicted octanol–water partition coefficient (Wildman–Crippen LogP) is 5.57. The number of hydrogen-bond acceptors (Lipinski definition) is 4. The van der Waals surface area contributed by atoms with Gasteiger partial charge in [-0.2, -0.15) is 0 Å². The van der Waals surface area contributed by atoms with Crippen molar-refractivity contribution in [1.82, 2.24) is 9.88 Å². The minimum atomic E-state index is -1.09. The summed E-state index contributed by atoms with van der Waals surface area (Å²) in [5.74, 6) is -0.643. The first-order valence-electron chi connectivity index (χ1n) is 10.6. The summed E-state index contributed by atoms with van der Waals surface area (Å²) in [6.07, 6.45) is 1.88. The van der Waals surface area contributed by atoms with Crippen LogP contribution in [0.3, 0.4) is 0 Å². The van der Waals surface area contributed by atoms with E-state index < -0.39 is 5.97 Å². The Labute approximate surface area is 201 Å². The van der Waals surface area contributed by atoms with Crippen LogP contribution in [0.5, 0.6) is 5.75 Å². The van der Waals surface area contributed by atoms with Gasteiger partial charge >= 0.3 is 5.97 Å². The summed E-state index contributed by atoms with van der Waals surface area (Å²) in [5, 5.41) is 10.7. The molecule has 4 rings (SSSR count). The summed E-state index contributed by atoms with van der Waals surface area (Å²) >= 11 is 12.1. The van der Waals surface area contributed by atoms with Gasteiger partial charge in [0.15, 0.2) is 0 Å². The predicted molar refractivity (Wildman–Crippen MR) is 126 cm³/mol. The summed E-state index contributed by atoms with van der Waals surface area (Å²) in [4.78, 5) is 31.2. The molecule has 33 heavy (non-hydrogen) atoms. The van der Waals surface area contributed by atoms with Crippen molar-refractivity contribution in [3.05, 3.63) is 93.2 Å². The van der Waals surface area contributed by atoms with Crippen LogP contribution in [0, 0.1) is 0 Å². The van der Waals surface area contributed by atoms with E-state index in [0.29, 0.717) is 28.0 Å². The molecule has 1 fully saturated rings. The van der Waals surface area contributed by atoms with E-state index in [-0.39, 0.29) is 36.2 Å². The fourth-order valence-electron chi connectivity index (χ4n) is 3.97. The molecule has 1 saturated heterocycles. The van der Waals surface area contributed by atoms with E-state index in [0.717, 1.165) is 18.4 Å². The molecule has 1 aromatic heterocycles. The summed E-state index contributed by atoms with van der Waals surface area (Å²) in [6.45, 7) is 0.579. The fraction of sp³-hybridized carbons (Fsp3) is 0.240. The number of nitrogens with zero attached hydrogens (tertiary/aromatic N) is 2. The highest BCUT2D eigenvalue weighted by molar-refractivity contribution is 6.32. The van der Waals surface area contributed by atoms with Gasteiger partial charge in [0, 0.05) is 11.6 Å². The lowest BCUT2D eigenvalue weighted by atomic mass is 10.1. The smallest absolute Gasteiger partial charge is 0.337 e. The van der Waals surface area contributed by atoms with Crippen LogP contribution in [0.25, 0.3) is 0 Å². The molecule has 3 aromatic rings. The number of likely N-dealkylation sites (tertiary alicyclic amines) is 1. The van der Waals surface area contributed by atoms with Crippen molar-refractivity contribution in [2.24, 2.45) is 0 Å². The number of ether oxygens (including phenoxy) is 1. The third kappa shape index (κ3) is 5.46. The van der Waals surface area contributed by atoms with Crippen molar-refractivity contribution < 1.29 is 19.4 Å². The number of aromatic nitrogens is 1. The lowest BCUT2D eigenvalue weighted by Gasteiger charge is -2.25. The van der Waals surface area contributed by atoms with Crippen LogP contribution in [0.1, 0.15) is 46.2 Å². The molecule has 0 bridgehead atoms. The molecule has 8 heteroatoms. The minimum Gasteiger partial charge on any atom is -0.486 e. The molecule has 2 aromatic carbocycles. The first-order valence-corrected chi connectivity index (χ1v) is 11.3. The summed E-state index contributed by atoms with van der Waals surface area (Å²) in [5.41, 5.74) is 1.89. The van der Waals surface area contributed by atoms with E-state index in [1.54, 1.807) is 42.5 Å². The Morgan fingerprint density at radius 3 is 2.55 bits per heavy atom. The Hall–Kier alpha value is -3.09. The normalized spacial score (nSPS) is 15.5. The molecule has 1 aliphatic rings. The lowest BCUT2D eigenvalue weighted by Crippen LogP contribution is -2.32. The van der Waals surface area contributed by atoms with Gasteiger partial charge in [-0.15, -0.1) is 0 Å². The molecule has 170 valence electrons. The Morgan fingerprint density at radius 1 is 1.06 bits per heavy atom. The minimum absolute atomic E-state index is 0.00204. The third-order valence-electron chi connectivity index (χ3n) is 5.61. The maximum Gasteiger partial charge on any atom is 0.337 e. The molecule has 1 amide bonds. The standard InChI is InChI=1S/C25H22Cl2N2O4/c26-17-9-7-16(8-10-17)14-24(30)29-13-3-5-22(29)20-12-11-18(25(31)32)21(28-20)15-33-23-6-2-1-4-19(23)27/h1-2,4,6-12,22H,3,5,13-15H2,(H,31,32). The number of carbonyl (C=O) groups is 2. The van der Waals surface area contributed by atoms with Gasteiger partial charge < -0.3 is 14.7 Å². The van der Waals surface area contributed by atoms with E-state index in [2.05, 4.69) is 4.98 Å². The molecular formula is C25H22Cl2N2O4. The number of hydrogen-bond donors (Lipinski definition) is 1. The monoisotopic (exact) mass is 484 g/mol. The quantitative estimate of drug-likeness (QED) is 0.473. The highest BCUT2D eigenvalue weighted by Gasteiger charge is 2.31. The van der Waals surface area contributed by atoms with Crippen LogP contribution < -0.4 is 4.74 Å². The number of halogens is 2. The van der Waals surface area contributed by atoms with E-state index in [4.69, 9.17) is 27.9 Å². The average Bonchev–Trinajstić information content (AvgIpc) is 3.30. The van der Waals surface area contributed by atoms with E-state index in [9.17, 15) is 14.7 Å². The number of pyridine rings is 1. The molecule has 0 spiro atoms. The van der Waals surface area contributed by atoms with Crippen molar-refractivity contribution in [3.63, 3.8) is 0 Å². The van der Waals surface area contributed by atoms with Crippen molar-refractivity contribution in [2.75, 3.05) is 6.54 Å². The average molecular weight is 485 g/mol. The second-order valence-electron chi connectivity index (χ2n) is 7.80. The Morgan fingerprint density at radius 2 is 1.82 bits per heavy atom. The molecule has 1 aliphatic heterocycles. The molecule has 2 heterocycles. The van der Waals surface area contributed by atoms with Crippen LogP contribution >= 0.6 is 23.2 Å². The Bertz CT molecular complexity index is 1170. The highest BCUT2D eigenvalue weighted by Crippen LogP contribution is 2.32. The third-order valence-corrected chi connectivity index (χ3v) is 6.17. The van der Waals surface area contributed by atoms with Gasteiger partial charge in [-0.3, -0.25) is 9.78 Å². The molecule has 1 N–H and O–H groups in total. The number of benzene rings is 2. The maximum absolute atomic E-state index is 13.0. The number of amides is 1. The first kappa shape index (κ1) is 23.1. The highest BCUT2D eigenvalue weighted by atomic mass is 35.5. The molecule has 0 aliphatic carbocycles. The number of para-hydroxylation sites is 1.